The lowest BCUT2D eigenvalue weighted by molar-refractivity contribution is -0.142. The molecule has 33 heavy (non-hydrogen) atoms. The molecule has 1 amide bonds. The molecule has 1 aliphatic heterocycles. The number of nitrogens with zero attached hydrogens (tertiary/aromatic N) is 4. The fourth-order valence-corrected chi connectivity index (χ4v) is 3.96. The molecule has 0 aliphatic carbocycles. The fourth-order valence-electron chi connectivity index (χ4n) is 3.96. The summed E-state index contributed by atoms with van der Waals surface area (Å²) in [5.41, 5.74) is -0.896. The van der Waals surface area contributed by atoms with Crippen LogP contribution in [0.5, 0.6) is 17.2 Å². The first-order valence-electron chi connectivity index (χ1n) is 10.3. The molecular formula is C22H23F3N4O4. The number of piperidine rings is 1. The van der Waals surface area contributed by atoms with Gasteiger partial charge in [0.05, 0.1) is 33.2 Å². The standard InChI is InChI=1S/C22H23F3N4O4/c1-31-16-9-13(10-17(32-2)19(16)33-3)15-11-18(22(23,24)25)29-20(27-15)14(12-26-29)21(30)28-7-5-4-6-8-28/h9-12H,4-8H2,1-3H3. The Morgan fingerprint density at radius 3 is 2.15 bits per heavy atom. The van der Waals surface area contributed by atoms with Crippen molar-refractivity contribution < 1.29 is 32.2 Å². The largest absolute Gasteiger partial charge is 0.493 e. The van der Waals surface area contributed by atoms with Crippen LogP contribution in [0.25, 0.3) is 16.9 Å². The smallest absolute Gasteiger partial charge is 0.433 e. The number of methoxy groups -OCH3 is 3. The summed E-state index contributed by atoms with van der Waals surface area (Å²) in [6, 6.07) is 3.89. The van der Waals surface area contributed by atoms with Crippen LogP contribution in [0.15, 0.2) is 24.4 Å². The van der Waals surface area contributed by atoms with Gasteiger partial charge in [0, 0.05) is 18.7 Å². The van der Waals surface area contributed by atoms with E-state index in [2.05, 4.69) is 10.1 Å². The molecule has 1 saturated heterocycles. The molecule has 0 N–H and O–H groups in total. The third kappa shape index (κ3) is 4.14. The monoisotopic (exact) mass is 464 g/mol. The molecule has 0 spiro atoms. The first-order chi connectivity index (χ1) is 15.8. The van der Waals surface area contributed by atoms with Gasteiger partial charge in [0.2, 0.25) is 5.75 Å². The number of fused-ring (bicyclic) bond motifs is 1. The maximum Gasteiger partial charge on any atom is 0.433 e. The summed E-state index contributed by atoms with van der Waals surface area (Å²) in [5, 5.41) is 3.85. The number of halogens is 3. The van der Waals surface area contributed by atoms with Crippen LogP contribution in [-0.4, -0.2) is 59.8 Å². The molecule has 8 nitrogen and oxygen atoms in total. The van der Waals surface area contributed by atoms with Crippen LogP contribution >= 0.6 is 0 Å². The Hall–Kier alpha value is -3.50. The van der Waals surface area contributed by atoms with Crippen LogP contribution in [0, 0.1) is 0 Å². The normalized spacial score (nSPS) is 14.4. The second-order valence-corrected chi connectivity index (χ2v) is 7.58. The highest BCUT2D eigenvalue weighted by Crippen LogP contribution is 2.42. The van der Waals surface area contributed by atoms with E-state index >= 15 is 0 Å². The first-order valence-corrected chi connectivity index (χ1v) is 10.3. The maximum atomic E-state index is 13.9. The van der Waals surface area contributed by atoms with Gasteiger partial charge in [-0.2, -0.15) is 18.3 Å². The van der Waals surface area contributed by atoms with Crippen molar-refractivity contribution in [2.75, 3.05) is 34.4 Å². The second kappa shape index (κ2) is 8.80. The topological polar surface area (TPSA) is 78.2 Å². The molecule has 0 saturated carbocycles. The average molecular weight is 464 g/mol. The maximum absolute atomic E-state index is 13.9. The van der Waals surface area contributed by atoms with Crippen LogP contribution < -0.4 is 14.2 Å². The highest BCUT2D eigenvalue weighted by Gasteiger charge is 2.36. The number of ether oxygens (including phenoxy) is 3. The van der Waals surface area contributed by atoms with Gasteiger partial charge in [-0.15, -0.1) is 0 Å². The lowest BCUT2D eigenvalue weighted by Gasteiger charge is -2.26. The third-order valence-corrected chi connectivity index (χ3v) is 5.60. The van der Waals surface area contributed by atoms with E-state index in [4.69, 9.17) is 14.2 Å². The van der Waals surface area contributed by atoms with Crippen molar-refractivity contribution in [2.45, 2.75) is 25.4 Å². The minimum absolute atomic E-state index is 0.0118. The summed E-state index contributed by atoms with van der Waals surface area (Å²) in [5.74, 6) is 0.443. The van der Waals surface area contributed by atoms with E-state index in [1.54, 1.807) is 4.90 Å². The van der Waals surface area contributed by atoms with Gasteiger partial charge in [0.15, 0.2) is 22.8 Å². The average Bonchev–Trinajstić information content (AvgIpc) is 3.25. The van der Waals surface area contributed by atoms with Gasteiger partial charge < -0.3 is 19.1 Å². The van der Waals surface area contributed by atoms with Crippen LogP contribution in [0.1, 0.15) is 35.3 Å². The Bertz CT molecular complexity index is 1160. The van der Waals surface area contributed by atoms with E-state index in [0.717, 1.165) is 31.5 Å². The van der Waals surface area contributed by atoms with E-state index < -0.39 is 11.9 Å². The summed E-state index contributed by atoms with van der Waals surface area (Å²) in [6.45, 7) is 1.10. The Kier molecular flexibility index (Phi) is 6.05. The molecule has 0 unspecified atom stereocenters. The quantitative estimate of drug-likeness (QED) is 0.567. The minimum atomic E-state index is -4.73. The zero-order chi connectivity index (χ0) is 23.8. The fraction of sp³-hybridized carbons (Fsp3) is 0.409. The summed E-state index contributed by atoms with van der Waals surface area (Å²) in [7, 11) is 4.24. The zero-order valence-corrected chi connectivity index (χ0v) is 18.4. The third-order valence-electron chi connectivity index (χ3n) is 5.60. The lowest BCUT2D eigenvalue weighted by atomic mass is 10.1. The highest BCUT2D eigenvalue weighted by molar-refractivity contribution is 6.00. The molecule has 1 aliphatic rings. The Balaban J connectivity index is 1.92. The molecular weight excluding hydrogens is 441 g/mol. The van der Waals surface area contributed by atoms with E-state index in [9.17, 15) is 18.0 Å². The summed E-state index contributed by atoms with van der Waals surface area (Å²) >= 11 is 0. The second-order valence-electron chi connectivity index (χ2n) is 7.58. The molecule has 4 rings (SSSR count). The van der Waals surface area contributed by atoms with Crippen LogP contribution in [0.3, 0.4) is 0 Å². The summed E-state index contributed by atoms with van der Waals surface area (Å²) in [6.07, 6.45) is -0.868. The van der Waals surface area contributed by atoms with Gasteiger partial charge in [0.1, 0.15) is 5.56 Å². The van der Waals surface area contributed by atoms with Gasteiger partial charge in [0.25, 0.3) is 5.91 Å². The number of amides is 1. The van der Waals surface area contributed by atoms with Gasteiger partial charge in [-0.3, -0.25) is 4.79 Å². The number of benzene rings is 1. The Morgan fingerprint density at radius 2 is 1.61 bits per heavy atom. The van der Waals surface area contributed by atoms with Crippen molar-refractivity contribution in [3.8, 4) is 28.5 Å². The first kappa shape index (κ1) is 22.7. The number of carbonyl (C=O) groups excluding carboxylic acids is 1. The molecule has 3 aromatic rings. The number of hydrogen-bond donors (Lipinski definition) is 0. The van der Waals surface area contributed by atoms with Crippen LogP contribution in [-0.2, 0) is 6.18 Å². The van der Waals surface area contributed by atoms with Gasteiger partial charge in [-0.25, -0.2) is 9.50 Å². The predicted octanol–water partition coefficient (Wildman–Crippen LogP) is 4.07. The number of likely N-dealkylation sites (tertiary alicyclic amines) is 1. The Labute approximate surface area is 187 Å². The molecule has 0 atom stereocenters. The lowest BCUT2D eigenvalue weighted by Crippen LogP contribution is -2.35. The van der Waals surface area contributed by atoms with Gasteiger partial charge in [-0.05, 0) is 37.5 Å². The zero-order valence-electron chi connectivity index (χ0n) is 18.4. The van der Waals surface area contributed by atoms with E-state index in [0.29, 0.717) is 28.9 Å². The van der Waals surface area contributed by atoms with E-state index in [-0.39, 0.29) is 34.3 Å². The Morgan fingerprint density at radius 1 is 0.970 bits per heavy atom. The van der Waals surface area contributed by atoms with Crippen molar-refractivity contribution in [1.29, 1.82) is 0 Å². The van der Waals surface area contributed by atoms with Gasteiger partial charge in [-0.1, -0.05) is 0 Å². The molecule has 1 fully saturated rings. The molecule has 3 heterocycles. The van der Waals surface area contributed by atoms with Crippen molar-refractivity contribution in [2.24, 2.45) is 0 Å². The predicted molar refractivity (Wildman–Crippen MR) is 113 cm³/mol. The molecule has 2 aromatic heterocycles. The minimum Gasteiger partial charge on any atom is -0.493 e. The van der Waals surface area contributed by atoms with Crippen molar-refractivity contribution >= 4 is 11.6 Å². The number of aromatic nitrogens is 3. The van der Waals surface area contributed by atoms with Gasteiger partial charge >= 0.3 is 6.18 Å². The molecule has 176 valence electrons. The van der Waals surface area contributed by atoms with E-state index in [1.165, 1.54) is 33.5 Å². The molecule has 0 radical (unpaired) electrons. The van der Waals surface area contributed by atoms with Crippen molar-refractivity contribution in [3.63, 3.8) is 0 Å². The number of rotatable bonds is 5. The molecule has 11 heteroatoms. The van der Waals surface area contributed by atoms with E-state index in [1.807, 2.05) is 0 Å². The summed E-state index contributed by atoms with van der Waals surface area (Å²) in [4.78, 5) is 19.1. The number of alkyl halides is 3. The van der Waals surface area contributed by atoms with Crippen molar-refractivity contribution in [1.82, 2.24) is 19.5 Å². The highest BCUT2D eigenvalue weighted by atomic mass is 19.4. The molecule has 0 bridgehead atoms. The van der Waals surface area contributed by atoms with Crippen LogP contribution in [0.4, 0.5) is 13.2 Å². The molecule has 1 aromatic carbocycles. The SMILES string of the molecule is COc1cc(-c2cc(C(F)(F)F)n3ncc(C(=O)N4CCCCC4)c3n2)cc(OC)c1OC. The van der Waals surface area contributed by atoms with Crippen LogP contribution in [0.2, 0.25) is 0 Å². The number of hydrogen-bond acceptors (Lipinski definition) is 6. The van der Waals surface area contributed by atoms with Crippen molar-refractivity contribution in [3.05, 3.63) is 35.7 Å². The summed E-state index contributed by atoms with van der Waals surface area (Å²) < 4.78 is 58.4. The number of carbonyl (C=O) groups is 1.